The van der Waals surface area contributed by atoms with Crippen LogP contribution in [0, 0.1) is 15.9 Å². The smallest absolute Gasteiger partial charge is 0.416 e. The molecule has 1 aromatic heterocycles. The number of hydrogen-bond donors (Lipinski definition) is 1. The molecule has 168 valence electrons. The summed E-state index contributed by atoms with van der Waals surface area (Å²) in [6, 6.07) is 4.04. The number of aromatic nitrogens is 1. The van der Waals surface area contributed by atoms with Crippen LogP contribution in [-0.4, -0.2) is 35.1 Å². The van der Waals surface area contributed by atoms with Crippen LogP contribution in [0.15, 0.2) is 30.3 Å². The van der Waals surface area contributed by atoms with Crippen molar-refractivity contribution >= 4 is 11.6 Å². The fourth-order valence-electron chi connectivity index (χ4n) is 2.37. The molecule has 1 aromatic carbocycles. The van der Waals surface area contributed by atoms with Gasteiger partial charge in [0, 0.05) is 30.8 Å². The maximum absolute atomic E-state index is 13.7. The molecule has 0 saturated heterocycles. The fourth-order valence-corrected chi connectivity index (χ4v) is 2.37. The summed E-state index contributed by atoms with van der Waals surface area (Å²) in [6.07, 6.45) is -4.86. The number of amides is 1. The fraction of sp³-hybridized carbons (Fsp3) is 0.368. The van der Waals surface area contributed by atoms with Crippen molar-refractivity contribution in [1.29, 1.82) is 0 Å². The summed E-state index contributed by atoms with van der Waals surface area (Å²) >= 11 is 0. The van der Waals surface area contributed by atoms with Crippen LogP contribution in [0.2, 0.25) is 0 Å². The number of ether oxygens (including phenoxy) is 2. The Morgan fingerprint density at radius 1 is 1.23 bits per heavy atom. The summed E-state index contributed by atoms with van der Waals surface area (Å²) in [4.78, 5) is 25.8. The lowest BCUT2D eigenvalue weighted by atomic mass is 10.1. The first-order valence-corrected chi connectivity index (χ1v) is 9.08. The molecule has 0 saturated carbocycles. The predicted molar refractivity (Wildman–Crippen MR) is 101 cm³/mol. The van der Waals surface area contributed by atoms with E-state index in [1.54, 1.807) is 13.8 Å². The second kappa shape index (κ2) is 10.0. The van der Waals surface area contributed by atoms with Crippen LogP contribution >= 0.6 is 0 Å². The average molecular weight is 445 g/mol. The van der Waals surface area contributed by atoms with Crippen LogP contribution < -0.4 is 14.8 Å². The Hall–Kier alpha value is -3.44. The Bertz CT molecular complexity index is 951. The van der Waals surface area contributed by atoms with Gasteiger partial charge in [-0.05, 0) is 26.3 Å². The number of nitro benzene ring substituents is 1. The number of nitro groups is 1. The van der Waals surface area contributed by atoms with Gasteiger partial charge in [-0.2, -0.15) is 18.2 Å². The molecular weight excluding hydrogens is 426 g/mol. The van der Waals surface area contributed by atoms with Crippen molar-refractivity contribution in [3.05, 3.63) is 57.4 Å². The third-order valence-electron chi connectivity index (χ3n) is 3.72. The van der Waals surface area contributed by atoms with Gasteiger partial charge in [0.2, 0.25) is 11.8 Å². The van der Waals surface area contributed by atoms with Crippen LogP contribution in [0.4, 0.5) is 23.2 Å². The third kappa shape index (κ3) is 7.08. The van der Waals surface area contributed by atoms with Crippen LogP contribution in [0.25, 0.3) is 0 Å². The van der Waals surface area contributed by atoms with Crippen molar-refractivity contribution in [2.45, 2.75) is 32.5 Å². The molecule has 0 fully saturated rings. The zero-order valence-electron chi connectivity index (χ0n) is 16.5. The van der Waals surface area contributed by atoms with Crippen LogP contribution in [-0.2, 0) is 6.18 Å². The van der Waals surface area contributed by atoms with Crippen molar-refractivity contribution in [3.63, 3.8) is 0 Å². The van der Waals surface area contributed by atoms with Gasteiger partial charge in [-0.25, -0.2) is 4.39 Å². The lowest BCUT2D eigenvalue weighted by Crippen LogP contribution is -2.26. The van der Waals surface area contributed by atoms with E-state index in [0.717, 1.165) is 30.3 Å². The highest BCUT2D eigenvalue weighted by Gasteiger charge is 2.32. The predicted octanol–water partition coefficient (Wildman–Crippen LogP) is 4.13. The molecule has 0 radical (unpaired) electrons. The van der Waals surface area contributed by atoms with Gasteiger partial charge in [0.25, 0.3) is 11.6 Å². The molecule has 1 N–H and O–H groups in total. The number of hydrogen-bond acceptors (Lipinski definition) is 6. The Labute approximate surface area is 174 Å². The van der Waals surface area contributed by atoms with E-state index < -0.39 is 45.7 Å². The molecule has 0 unspecified atom stereocenters. The summed E-state index contributed by atoms with van der Waals surface area (Å²) in [7, 11) is 0. The number of alkyl halides is 3. The summed E-state index contributed by atoms with van der Waals surface area (Å²) < 4.78 is 63.2. The van der Waals surface area contributed by atoms with Gasteiger partial charge in [0.05, 0.1) is 28.8 Å². The minimum Gasteiger partial charge on any atom is -0.477 e. The quantitative estimate of drug-likeness (QED) is 0.269. The van der Waals surface area contributed by atoms with E-state index in [9.17, 15) is 32.5 Å². The van der Waals surface area contributed by atoms with Gasteiger partial charge in [-0.1, -0.05) is 0 Å². The van der Waals surface area contributed by atoms with Crippen molar-refractivity contribution in [3.8, 4) is 11.8 Å². The van der Waals surface area contributed by atoms with E-state index in [1.807, 2.05) is 0 Å². The Morgan fingerprint density at radius 2 is 1.90 bits per heavy atom. The molecule has 0 bridgehead atoms. The number of pyridine rings is 1. The standard InChI is InChI=1S/C19H19F4N3O5/c1-11(2)31-17-9-12(19(21,22)23)8-16(25-17)30-7-3-6-24-18(27)14-10-13(26(28)29)4-5-15(14)20/h4-5,8-11H,3,6-7H2,1-2H3,(H,24,27). The van der Waals surface area contributed by atoms with Crippen molar-refractivity contribution in [2.75, 3.05) is 13.2 Å². The molecule has 0 aliphatic carbocycles. The van der Waals surface area contributed by atoms with Crippen LogP contribution in [0.1, 0.15) is 36.2 Å². The molecule has 2 aromatic rings. The third-order valence-corrected chi connectivity index (χ3v) is 3.72. The second-order valence-electron chi connectivity index (χ2n) is 6.58. The molecular formula is C19H19F4N3O5. The van der Waals surface area contributed by atoms with E-state index >= 15 is 0 Å². The highest BCUT2D eigenvalue weighted by molar-refractivity contribution is 5.95. The van der Waals surface area contributed by atoms with Crippen molar-refractivity contribution in [2.24, 2.45) is 0 Å². The summed E-state index contributed by atoms with van der Waals surface area (Å²) in [5.74, 6) is -2.34. The zero-order valence-corrected chi connectivity index (χ0v) is 16.5. The SMILES string of the molecule is CC(C)Oc1cc(C(F)(F)F)cc(OCCCNC(=O)c2cc([N+](=O)[O-])ccc2F)n1. The number of benzene rings is 1. The summed E-state index contributed by atoms with van der Waals surface area (Å²) in [6.45, 7) is 3.15. The normalized spacial score (nSPS) is 11.3. The monoisotopic (exact) mass is 445 g/mol. The maximum atomic E-state index is 13.7. The number of nitrogens with zero attached hydrogens (tertiary/aromatic N) is 2. The Kier molecular flexibility index (Phi) is 7.72. The number of carbonyl (C=O) groups is 1. The average Bonchev–Trinajstić information content (AvgIpc) is 2.66. The van der Waals surface area contributed by atoms with E-state index in [0.29, 0.717) is 0 Å². The topological polar surface area (TPSA) is 104 Å². The molecule has 1 amide bonds. The minimum absolute atomic E-state index is 0.0186. The number of halogens is 4. The molecule has 12 heteroatoms. The molecule has 0 aliphatic rings. The molecule has 0 atom stereocenters. The first kappa shape index (κ1) is 23.8. The molecule has 8 nitrogen and oxygen atoms in total. The first-order valence-electron chi connectivity index (χ1n) is 9.08. The largest absolute Gasteiger partial charge is 0.477 e. The highest BCUT2D eigenvalue weighted by atomic mass is 19.4. The van der Waals surface area contributed by atoms with Gasteiger partial charge >= 0.3 is 6.18 Å². The van der Waals surface area contributed by atoms with Gasteiger partial charge in [-0.15, -0.1) is 0 Å². The van der Waals surface area contributed by atoms with Gasteiger partial charge in [0.1, 0.15) is 5.82 Å². The van der Waals surface area contributed by atoms with Crippen molar-refractivity contribution < 1.29 is 36.8 Å². The number of carbonyl (C=O) groups excluding carboxylic acids is 1. The van der Waals surface area contributed by atoms with E-state index in [1.165, 1.54) is 0 Å². The Morgan fingerprint density at radius 3 is 2.52 bits per heavy atom. The maximum Gasteiger partial charge on any atom is 0.416 e. The van der Waals surface area contributed by atoms with Gasteiger partial charge < -0.3 is 14.8 Å². The second-order valence-corrected chi connectivity index (χ2v) is 6.58. The molecule has 2 rings (SSSR count). The zero-order chi connectivity index (χ0) is 23.2. The molecule has 0 aliphatic heterocycles. The minimum atomic E-state index is -4.62. The molecule has 0 spiro atoms. The van der Waals surface area contributed by atoms with Crippen molar-refractivity contribution in [1.82, 2.24) is 10.3 Å². The van der Waals surface area contributed by atoms with Crippen LogP contribution in [0.3, 0.4) is 0 Å². The Balaban J connectivity index is 1.93. The molecule has 31 heavy (non-hydrogen) atoms. The first-order chi connectivity index (χ1) is 14.5. The summed E-state index contributed by atoms with van der Waals surface area (Å²) in [5, 5.41) is 13.1. The molecule has 1 heterocycles. The number of nitrogens with one attached hydrogen (secondary N) is 1. The van der Waals surface area contributed by atoms with Gasteiger partial charge in [0.15, 0.2) is 0 Å². The lowest BCUT2D eigenvalue weighted by molar-refractivity contribution is -0.384. The van der Waals surface area contributed by atoms with E-state index in [2.05, 4.69) is 10.3 Å². The lowest BCUT2D eigenvalue weighted by Gasteiger charge is -2.14. The van der Waals surface area contributed by atoms with Gasteiger partial charge in [-0.3, -0.25) is 14.9 Å². The van der Waals surface area contributed by atoms with E-state index in [4.69, 9.17) is 9.47 Å². The number of non-ortho nitro benzene ring substituents is 1. The van der Waals surface area contributed by atoms with Crippen LogP contribution in [0.5, 0.6) is 11.8 Å². The van der Waals surface area contributed by atoms with E-state index in [-0.39, 0.29) is 31.3 Å². The highest BCUT2D eigenvalue weighted by Crippen LogP contribution is 2.33. The number of rotatable bonds is 9. The summed E-state index contributed by atoms with van der Waals surface area (Å²) in [5.41, 5.74) is -1.92.